The van der Waals surface area contributed by atoms with Crippen LogP contribution < -0.4 is 5.73 Å². The second-order valence-electron chi connectivity index (χ2n) is 5.50. The lowest BCUT2D eigenvalue weighted by atomic mass is 9.71. The molecule has 0 bridgehead atoms. The third kappa shape index (κ3) is 2.78. The Morgan fingerprint density at radius 3 is 2.94 bits per heavy atom. The molecule has 1 aliphatic carbocycles. The number of nitrogens with zero attached hydrogens (tertiary/aromatic N) is 1. The van der Waals surface area contributed by atoms with Gasteiger partial charge in [-0.25, -0.2) is 0 Å². The zero-order valence-electron chi connectivity index (χ0n) is 10.1. The fourth-order valence-electron chi connectivity index (χ4n) is 3.16. The first-order chi connectivity index (χ1) is 8.01. The molecule has 4 N–H and O–H groups in total. The van der Waals surface area contributed by atoms with Gasteiger partial charge >= 0.3 is 5.97 Å². The summed E-state index contributed by atoms with van der Waals surface area (Å²) in [6.07, 6.45) is 4.99. The predicted octanol–water partition coefficient (Wildman–Crippen LogP) is 0.0253. The summed E-state index contributed by atoms with van der Waals surface area (Å²) in [6.45, 7) is 1.94. The van der Waals surface area contributed by atoms with Crippen LogP contribution in [0.25, 0.3) is 0 Å². The van der Waals surface area contributed by atoms with Crippen LogP contribution in [-0.4, -0.2) is 52.4 Å². The Morgan fingerprint density at radius 1 is 1.47 bits per heavy atom. The summed E-state index contributed by atoms with van der Waals surface area (Å²) in [7, 11) is 0. The van der Waals surface area contributed by atoms with Gasteiger partial charge in [0.05, 0.1) is 5.60 Å². The Kier molecular flexibility index (Phi) is 3.70. The van der Waals surface area contributed by atoms with Crippen molar-refractivity contribution < 1.29 is 15.0 Å². The van der Waals surface area contributed by atoms with Crippen LogP contribution in [0.3, 0.4) is 0 Å². The summed E-state index contributed by atoms with van der Waals surface area (Å²) < 4.78 is 0. The number of rotatable bonds is 3. The van der Waals surface area contributed by atoms with Crippen LogP contribution in [0.15, 0.2) is 0 Å². The summed E-state index contributed by atoms with van der Waals surface area (Å²) >= 11 is 0. The van der Waals surface area contributed by atoms with Crippen LogP contribution in [0.2, 0.25) is 0 Å². The normalized spacial score (nSPS) is 36.2. The SMILES string of the molecule is NC(CN1CCC2(O)CCCCC2C1)C(=O)O. The third-order valence-corrected chi connectivity index (χ3v) is 4.28. The van der Waals surface area contributed by atoms with Crippen molar-refractivity contribution in [3.8, 4) is 0 Å². The highest BCUT2D eigenvalue weighted by molar-refractivity contribution is 5.73. The number of likely N-dealkylation sites (tertiary alicyclic amines) is 1. The van der Waals surface area contributed by atoms with E-state index in [1.54, 1.807) is 0 Å². The molecule has 0 amide bonds. The summed E-state index contributed by atoms with van der Waals surface area (Å²) in [5.74, 6) is -0.652. The number of piperidine rings is 1. The van der Waals surface area contributed by atoms with E-state index in [4.69, 9.17) is 10.8 Å². The number of hydrogen-bond acceptors (Lipinski definition) is 4. The van der Waals surface area contributed by atoms with E-state index in [1.807, 2.05) is 0 Å². The second-order valence-corrected chi connectivity index (χ2v) is 5.50. The number of carboxylic acids is 1. The molecule has 0 aromatic rings. The minimum atomic E-state index is -0.950. The van der Waals surface area contributed by atoms with Gasteiger partial charge in [-0.3, -0.25) is 4.79 Å². The number of aliphatic carboxylic acids is 1. The van der Waals surface area contributed by atoms with Gasteiger partial charge in [-0.05, 0) is 19.3 Å². The highest BCUT2D eigenvalue weighted by atomic mass is 16.4. The van der Waals surface area contributed by atoms with E-state index in [9.17, 15) is 9.90 Å². The lowest BCUT2D eigenvalue weighted by Gasteiger charge is -2.47. The summed E-state index contributed by atoms with van der Waals surface area (Å²) in [5.41, 5.74) is 5.05. The molecule has 1 saturated heterocycles. The fourth-order valence-corrected chi connectivity index (χ4v) is 3.16. The standard InChI is InChI=1S/C12H22N2O3/c13-10(11(15)16)8-14-6-5-12(17)4-2-1-3-9(12)7-14/h9-10,17H,1-8,13H2,(H,15,16). The number of aliphatic hydroxyl groups is 1. The van der Waals surface area contributed by atoms with Gasteiger partial charge in [0.1, 0.15) is 6.04 Å². The van der Waals surface area contributed by atoms with Crippen LogP contribution in [0.4, 0.5) is 0 Å². The number of nitrogens with two attached hydrogens (primary N) is 1. The molecule has 0 aromatic heterocycles. The van der Waals surface area contributed by atoms with Gasteiger partial charge in [-0.15, -0.1) is 0 Å². The molecule has 1 aliphatic heterocycles. The molecule has 5 heteroatoms. The average Bonchev–Trinajstić information content (AvgIpc) is 2.29. The van der Waals surface area contributed by atoms with E-state index in [1.165, 1.54) is 6.42 Å². The van der Waals surface area contributed by atoms with Crippen molar-refractivity contribution in [2.24, 2.45) is 11.7 Å². The third-order valence-electron chi connectivity index (χ3n) is 4.28. The minimum Gasteiger partial charge on any atom is -0.480 e. The highest BCUT2D eigenvalue weighted by Crippen LogP contribution is 2.39. The van der Waals surface area contributed by atoms with Crippen molar-refractivity contribution in [3.05, 3.63) is 0 Å². The van der Waals surface area contributed by atoms with Crippen molar-refractivity contribution in [3.63, 3.8) is 0 Å². The van der Waals surface area contributed by atoms with Crippen molar-refractivity contribution in [1.82, 2.24) is 4.90 Å². The first-order valence-electron chi connectivity index (χ1n) is 6.44. The molecular formula is C12H22N2O3. The smallest absolute Gasteiger partial charge is 0.321 e. The van der Waals surface area contributed by atoms with Crippen LogP contribution in [-0.2, 0) is 4.79 Å². The molecule has 1 saturated carbocycles. The Hall–Kier alpha value is -0.650. The molecule has 2 rings (SSSR count). The molecular weight excluding hydrogens is 220 g/mol. The Balaban J connectivity index is 1.91. The number of carboxylic acid groups (broad SMARTS) is 1. The Labute approximate surface area is 102 Å². The number of hydrogen-bond donors (Lipinski definition) is 3. The molecule has 0 aromatic carbocycles. The molecule has 5 nitrogen and oxygen atoms in total. The van der Waals surface area contributed by atoms with Gasteiger partial charge in [0, 0.05) is 25.6 Å². The molecule has 0 spiro atoms. The van der Waals surface area contributed by atoms with Gasteiger partial charge < -0.3 is 20.8 Å². The number of fused-ring (bicyclic) bond motifs is 1. The van der Waals surface area contributed by atoms with Gasteiger partial charge in [-0.2, -0.15) is 0 Å². The van der Waals surface area contributed by atoms with Gasteiger partial charge in [0.2, 0.25) is 0 Å². The van der Waals surface area contributed by atoms with E-state index < -0.39 is 17.6 Å². The topological polar surface area (TPSA) is 86.8 Å². The van der Waals surface area contributed by atoms with Crippen molar-refractivity contribution in [2.45, 2.75) is 43.7 Å². The zero-order valence-corrected chi connectivity index (χ0v) is 10.1. The molecule has 1 heterocycles. The summed E-state index contributed by atoms with van der Waals surface area (Å²) in [4.78, 5) is 12.8. The summed E-state index contributed by atoms with van der Waals surface area (Å²) in [6, 6.07) is -0.815. The molecule has 98 valence electrons. The zero-order chi connectivity index (χ0) is 12.5. The number of carbonyl (C=O) groups is 1. The van der Waals surface area contributed by atoms with Crippen LogP contribution >= 0.6 is 0 Å². The van der Waals surface area contributed by atoms with Gasteiger partial charge in [0.25, 0.3) is 0 Å². The Morgan fingerprint density at radius 2 is 2.24 bits per heavy atom. The molecule has 3 atom stereocenters. The molecule has 3 unspecified atom stereocenters. The van der Waals surface area contributed by atoms with E-state index in [-0.39, 0.29) is 0 Å². The minimum absolute atomic E-state index is 0.297. The maximum absolute atomic E-state index is 10.7. The van der Waals surface area contributed by atoms with E-state index in [2.05, 4.69) is 4.90 Å². The van der Waals surface area contributed by atoms with Crippen molar-refractivity contribution in [2.75, 3.05) is 19.6 Å². The van der Waals surface area contributed by atoms with Gasteiger partial charge in [0.15, 0.2) is 0 Å². The van der Waals surface area contributed by atoms with Crippen LogP contribution in [0.1, 0.15) is 32.1 Å². The monoisotopic (exact) mass is 242 g/mol. The van der Waals surface area contributed by atoms with E-state index in [0.29, 0.717) is 12.5 Å². The molecule has 17 heavy (non-hydrogen) atoms. The average molecular weight is 242 g/mol. The second kappa shape index (κ2) is 4.92. The first-order valence-corrected chi connectivity index (χ1v) is 6.44. The lowest BCUT2D eigenvalue weighted by Crippen LogP contribution is -2.55. The predicted molar refractivity (Wildman–Crippen MR) is 63.6 cm³/mol. The lowest BCUT2D eigenvalue weighted by molar-refractivity contribution is -0.139. The van der Waals surface area contributed by atoms with Crippen LogP contribution in [0.5, 0.6) is 0 Å². The quantitative estimate of drug-likeness (QED) is 0.650. The van der Waals surface area contributed by atoms with E-state index in [0.717, 1.165) is 38.8 Å². The maximum Gasteiger partial charge on any atom is 0.321 e. The van der Waals surface area contributed by atoms with Crippen molar-refractivity contribution >= 4 is 5.97 Å². The Bertz CT molecular complexity index is 297. The molecule has 2 aliphatic rings. The van der Waals surface area contributed by atoms with Crippen molar-refractivity contribution in [1.29, 1.82) is 0 Å². The maximum atomic E-state index is 10.7. The molecule has 2 fully saturated rings. The van der Waals surface area contributed by atoms with Crippen LogP contribution in [0, 0.1) is 5.92 Å². The van der Waals surface area contributed by atoms with Gasteiger partial charge in [-0.1, -0.05) is 12.8 Å². The molecule has 0 radical (unpaired) electrons. The first kappa shape index (κ1) is 12.8. The largest absolute Gasteiger partial charge is 0.480 e. The summed E-state index contributed by atoms with van der Waals surface area (Å²) in [5, 5.41) is 19.3. The highest BCUT2D eigenvalue weighted by Gasteiger charge is 2.42. The fraction of sp³-hybridized carbons (Fsp3) is 0.917. The van der Waals surface area contributed by atoms with E-state index >= 15 is 0 Å².